The molecule has 0 aliphatic heterocycles. The van der Waals surface area contributed by atoms with Crippen LogP contribution in [-0.4, -0.2) is 29.8 Å². The summed E-state index contributed by atoms with van der Waals surface area (Å²) in [6.45, 7) is 1.76. The van der Waals surface area contributed by atoms with Gasteiger partial charge in [0.2, 0.25) is 17.7 Å². The highest BCUT2D eigenvalue weighted by Crippen LogP contribution is 2.17. The van der Waals surface area contributed by atoms with E-state index in [1.54, 1.807) is 0 Å². The fraction of sp³-hybridized carbons (Fsp3) is 0.222. The molecule has 7 heteroatoms. The van der Waals surface area contributed by atoms with E-state index in [0.29, 0.717) is 18.8 Å². The van der Waals surface area contributed by atoms with Gasteiger partial charge in [0.05, 0.1) is 0 Å². The molecule has 0 spiro atoms. The van der Waals surface area contributed by atoms with E-state index >= 15 is 0 Å². The van der Waals surface area contributed by atoms with Crippen LogP contribution in [0, 0.1) is 0 Å². The summed E-state index contributed by atoms with van der Waals surface area (Å²) in [6.07, 6.45) is 0.488. The summed E-state index contributed by atoms with van der Waals surface area (Å²) >= 11 is 0. The molecule has 0 fully saturated rings. The minimum Gasteiger partial charge on any atom is -0.489 e. The molecule has 0 unspecified atom stereocenters. The summed E-state index contributed by atoms with van der Waals surface area (Å²) in [6, 6.07) is 24.7. The Kier molecular flexibility index (Phi) is 8.80. The molecule has 4 N–H and O–H groups in total. The summed E-state index contributed by atoms with van der Waals surface area (Å²) in [5.74, 6) is -0.823. The molecule has 3 aromatic carbocycles. The van der Waals surface area contributed by atoms with E-state index in [1.165, 1.54) is 6.92 Å². The molecule has 7 nitrogen and oxygen atoms in total. The van der Waals surface area contributed by atoms with Crippen molar-refractivity contribution in [1.29, 1.82) is 0 Å². The molecule has 2 atom stereocenters. The lowest BCUT2D eigenvalue weighted by atomic mass is 10.0. The molecule has 0 radical (unpaired) electrons. The van der Waals surface area contributed by atoms with Crippen molar-refractivity contribution in [2.45, 2.75) is 38.5 Å². The Labute approximate surface area is 199 Å². The van der Waals surface area contributed by atoms with Gasteiger partial charge >= 0.3 is 0 Å². The van der Waals surface area contributed by atoms with Crippen molar-refractivity contribution in [3.05, 3.63) is 102 Å². The number of ether oxygens (including phenoxy) is 1. The average molecular weight is 460 g/mol. The van der Waals surface area contributed by atoms with Crippen LogP contribution in [0.4, 0.5) is 0 Å². The number of primary amides is 1. The van der Waals surface area contributed by atoms with Crippen LogP contribution in [0.2, 0.25) is 0 Å². The molecule has 0 saturated carbocycles. The minimum absolute atomic E-state index is 0.196. The predicted molar refractivity (Wildman–Crippen MR) is 130 cm³/mol. The number of benzene rings is 3. The number of carbonyl (C=O) groups is 3. The molecule has 176 valence electrons. The first-order chi connectivity index (χ1) is 16.4. The summed E-state index contributed by atoms with van der Waals surface area (Å²) in [7, 11) is 0. The van der Waals surface area contributed by atoms with Gasteiger partial charge in [0.15, 0.2) is 0 Å². The second kappa shape index (κ2) is 12.2. The zero-order valence-corrected chi connectivity index (χ0v) is 19.1. The van der Waals surface area contributed by atoms with Gasteiger partial charge in [-0.2, -0.15) is 0 Å². The van der Waals surface area contributed by atoms with E-state index < -0.39 is 23.9 Å². The van der Waals surface area contributed by atoms with Gasteiger partial charge in [0, 0.05) is 19.8 Å². The Balaban J connectivity index is 1.66. The molecule has 0 saturated heterocycles. The minimum atomic E-state index is -0.941. The second-order valence-corrected chi connectivity index (χ2v) is 8.03. The van der Waals surface area contributed by atoms with Gasteiger partial charge in [-0.3, -0.25) is 14.4 Å². The van der Waals surface area contributed by atoms with E-state index in [4.69, 9.17) is 10.5 Å². The van der Waals surface area contributed by atoms with Gasteiger partial charge in [0.25, 0.3) is 0 Å². The molecule has 0 heterocycles. The van der Waals surface area contributed by atoms with Gasteiger partial charge in [-0.25, -0.2) is 0 Å². The Hall–Kier alpha value is -4.13. The van der Waals surface area contributed by atoms with Crippen LogP contribution in [0.15, 0.2) is 84.9 Å². The fourth-order valence-corrected chi connectivity index (χ4v) is 3.54. The van der Waals surface area contributed by atoms with Crippen LogP contribution in [-0.2, 0) is 33.8 Å². The van der Waals surface area contributed by atoms with Gasteiger partial charge in [-0.05, 0) is 28.8 Å². The number of carbonyl (C=O) groups excluding carboxylic acids is 3. The highest BCUT2D eigenvalue weighted by Gasteiger charge is 2.25. The predicted octanol–water partition coefficient (Wildman–Crippen LogP) is 2.53. The first-order valence-electron chi connectivity index (χ1n) is 11.1. The zero-order valence-electron chi connectivity index (χ0n) is 19.1. The molecule has 0 aliphatic carbocycles. The lowest BCUT2D eigenvalue weighted by molar-refractivity contribution is -0.130. The summed E-state index contributed by atoms with van der Waals surface area (Å²) in [5.41, 5.74) is 8.30. The lowest BCUT2D eigenvalue weighted by Crippen LogP contribution is -2.54. The molecule has 0 bridgehead atoms. The number of rotatable bonds is 11. The van der Waals surface area contributed by atoms with E-state index in [0.717, 1.165) is 16.7 Å². The number of hydrogen-bond acceptors (Lipinski definition) is 4. The van der Waals surface area contributed by atoms with Crippen molar-refractivity contribution < 1.29 is 19.1 Å². The van der Waals surface area contributed by atoms with Crippen molar-refractivity contribution in [3.8, 4) is 5.75 Å². The third kappa shape index (κ3) is 7.78. The maximum absolute atomic E-state index is 13.0. The largest absolute Gasteiger partial charge is 0.489 e. The molecule has 3 rings (SSSR count). The topological polar surface area (TPSA) is 111 Å². The van der Waals surface area contributed by atoms with Crippen LogP contribution in [0.1, 0.15) is 23.6 Å². The zero-order chi connectivity index (χ0) is 24.3. The molecule has 3 amide bonds. The SMILES string of the molecule is CC(=O)N[C@@H](Cc1ccccc1)C(=O)N[C@@H](Cc1cccc(OCc2ccccc2)c1)C(N)=O. The highest BCUT2D eigenvalue weighted by molar-refractivity contribution is 5.91. The van der Waals surface area contributed by atoms with Crippen molar-refractivity contribution >= 4 is 17.7 Å². The first-order valence-corrected chi connectivity index (χ1v) is 11.1. The van der Waals surface area contributed by atoms with Crippen LogP contribution < -0.4 is 21.1 Å². The number of nitrogens with two attached hydrogens (primary N) is 1. The van der Waals surface area contributed by atoms with Gasteiger partial charge < -0.3 is 21.1 Å². The maximum Gasteiger partial charge on any atom is 0.243 e. The highest BCUT2D eigenvalue weighted by atomic mass is 16.5. The molecule has 0 aromatic heterocycles. The number of amides is 3. The standard InChI is InChI=1S/C27H29N3O4/c1-19(31)29-25(16-20-9-4-2-5-10-20)27(33)30-24(26(28)32)17-22-13-8-14-23(15-22)34-18-21-11-6-3-7-12-21/h2-15,24-25H,16-18H2,1H3,(H2,28,32)(H,29,31)(H,30,33)/t24-,25-/m0/s1. The van der Waals surface area contributed by atoms with Crippen molar-refractivity contribution in [2.75, 3.05) is 0 Å². The first kappa shape index (κ1) is 24.5. The number of hydrogen-bond donors (Lipinski definition) is 3. The van der Waals surface area contributed by atoms with Crippen LogP contribution in [0.25, 0.3) is 0 Å². The summed E-state index contributed by atoms with van der Waals surface area (Å²) in [5, 5.41) is 5.35. The molecular formula is C27H29N3O4. The fourth-order valence-electron chi connectivity index (χ4n) is 3.54. The van der Waals surface area contributed by atoms with E-state index in [-0.39, 0.29) is 12.3 Å². The molecule has 3 aromatic rings. The third-order valence-electron chi connectivity index (χ3n) is 5.22. The quantitative estimate of drug-likeness (QED) is 0.409. The third-order valence-corrected chi connectivity index (χ3v) is 5.22. The second-order valence-electron chi connectivity index (χ2n) is 8.03. The van der Waals surface area contributed by atoms with Crippen LogP contribution in [0.3, 0.4) is 0 Å². The van der Waals surface area contributed by atoms with Crippen molar-refractivity contribution in [3.63, 3.8) is 0 Å². The lowest BCUT2D eigenvalue weighted by Gasteiger charge is -2.22. The summed E-state index contributed by atoms with van der Waals surface area (Å²) in [4.78, 5) is 36.7. The van der Waals surface area contributed by atoms with Crippen LogP contribution >= 0.6 is 0 Å². The van der Waals surface area contributed by atoms with E-state index in [2.05, 4.69) is 10.6 Å². The Morgan fingerprint density at radius 1 is 0.765 bits per heavy atom. The normalized spacial score (nSPS) is 12.3. The Morgan fingerprint density at radius 2 is 1.35 bits per heavy atom. The Morgan fingerprint density at radius 3 is 1.97 bits per heavy atom. The maximum atomic E-state index is 13.0. The molecule has 0 aliphatic rings. The summed E-state index contributed by atoms with van der Waals surface area (Å²) < 4.78 is 5.85. The van der Waals surface area contributed by atoms with Crippen molar-refractivity contribution in [2.24, 2.45) is 5.73 Å². The van der Waals surface area contributed by atoms with E-state index in [1.807, 2.05) is 84.9 Å². The van der Waals surface area contributed by atoms with Crippen LogP contribution in [0.5, 0.6) is 5.75 Å². The van der Waals surface area contributed by atoms with E-state index in [9.17, 15) is 14.4 Å². The smallest absolute Gasteiger partial charge is 0.243 e. The molecule has 34 heavy (non-hydrogen) atoms. The van der Waals surface area contributed by atoms with Gasteiger partial charge in [-0.1, -0.05) is 72.8 Å². The van der Waals surface area contributed by atoms with Gasteiger partial charge in [0.1, 0.15) is 24.4 Å². The van der Waals surface area contributed by atoms with Crippen molar-refractivity contribution in [1.82, 2.24) is 10.6 Å². The monoisotopic (exact) mass is 459 g/mol. The molecular weight excluding hydrogens is 430 g/mol. The Bertz CT molecular complexity index is 1100. The average Bonchev–Trinajstić information content (AvgIpc) is 2.83. The van der Waals surface area contributed by atoms with Gasteiger partial charge in [-0.15, -0.1) is 0 Å². The number of nitrogens with one attached hydrogen (secondary N) is 2.